The van der Waals surface area contributed by atoms with Crippen molar-refractivity contribution in [1.29, 1.82) is 0 Å². The Morgan fingerprint density at radius 2 is 1.95 bits per heavy atom. The molecule has 1 aromatic carbocycles. The van der Waals surface area contributed by atoms with E-state index in [0.717, 1.165) is 24.3 Å². The number of alkyl halides is 3. The number of hydrogen-bond acceptors (Lipinski definition) is 4. The Bertz CT molecular complexity index is 659. The fourth-order valence-corrected chi connectivity index (χ4v) is 1.61. The van der Waals surface area contributed by atoms with E-state index in [2.05, 4.69) is 9.99 Å². The molecule has 5 nitrogen and oxygen atoms in total. The summed E-state index contributed by atoms with van der Waals surface area (Å²) in [7, 11) is 0. The molecule has 1 aromatic rings. The summed E-state index contributed by atoms with van der Waals surface area (Å²) in [6.45, 7) is -5.89. The zero-order valence-electron chi connectivity index (χ0n) is 15.4. The molecule has 0 radical (unpaired) electrons. The van der Waals surface area contributed by atoms with E-state index in [1.807, 2.05) is 0 Å². The molecule has 0 aliphatic heterocycles. The molecule has 0 unspecified atom stereocenters. The monoisotopic (exact) mass is 322 g/mol. The second kappa shape index (κ2) is 8.38. The second-order valence-electron chi connectivity index (χ2n) is 4.20. The average Bonchev–Trinajstić information content (AvgIpc) is 2.48. The van der Waals surface area contributed by atoms with Crippen molar-refractivity contribution >= 4 is 11.7 Å². The lowest BCUT2D eigenvalue weighted by molar-refractivity contribution is -0.138. The maximum atomic E-state index is 12.6. The zero-order chi connectivity index (χ0) is 20.2. The smallest absolute Gasteiger partial charge is 0.416 e. The van der Waals surface area contributed by atoms with E-state index in [4.69, 9.17) is 16.3 Å². The van der Waals surface area contributed by atoms with Crippen LogP contribution in [0.2, 0.25) is 0 Å². The van der Waals surface area contributed by atoms with Crippen LogP contribution in [0.15, 0.2) is 29.4 Å². The van der Waals surface area contributed by atoms with Gasteiger partial charge in [0.05, 0.1) is 14.0 Å². The summed E-state index contributed by atoms with van der Waals surface area (Å²) < 4.78 is 66.9. The van der Waals surface area contributed by atoms with Crippen molar-refractivity contribution in [3.63, 3.8) is 0 Å². The number of carbonyl (C=O) groups is 1. The van der Waals surface area contributed by atoms with Crippen molar-refractivity contribution in [2.45, 2.75) is 25.4 Å². The van der Waals surface area contributed by atoms with Crippen LogP contribution in [0, 0.1) is 0 Å². The topological polar surface area (TPSA) is 84.9 Å². The fourth-order valence-electron chi connectivity index (χ4n) is 1.61. The molecule has 22 heavy (non-hydrogen) atoms. The van der Waals surface area contributed by atoms with Crippen LogP contribution in [0.4, 0.5) is 13.2 Å². The van der Waals surface area contributed by atoms with E-state index < -0.39 is 30.8 Å². The molecule has 0 aliphatic carbocycles. The molecular weight excluding hydrogens is 301 g/mol. The number of nitrogens with two attached hydrogens (primary N) is 1. The first kappa shape index (κ1) is 12.5. The molecule has 0 bridgehead atoms. The Morgan fingerprint density at radius 3 is 2.45 bits per heavy atom. The van der Waals surface area contributed by atoms with Crippen LogP contribution < -0.4 is 5.73 Å². The van der Waals surface area contributed by atoms with Crippen LogP contribution in [0.25, 0.3) is 0 Å². The predicted octanol–water partition coefficient (Wildman–Crippen LogP) is 2.64. The Kier molecular flexibility index (Phi) is 4.74. The SMILES string of the molecule is [2H]C([2H])(N)C([2H])([2H])O/N=C(\CCCC(=O)O)c1ccc(C(F)(F)F)cc1. The van der Waals surface area contributed by atoms with Crippen LogP contribution >= 0.6 is 0 Å². The van der Waals surface area contributed by atoms with Gasteiger partial charge in [-0.15, -0.1) is 0 Å². The van der Waals surface area contributed by atoms with Gasteiger partial charge < -0.3 is 15.7 Å². The quantitative estimate of drug-likeness (QED) is 0.569. The van der Waals surface area contributed by atoms with Crippen LogP contribution in [-0.2, 0) is 15.8 Å². The van der Waals surface area contributed by atoms with E-state index in [0.29, 0.717) is 0 Å². The van der Waals surface area contributed by atoms with Gasteiger partial charge in [-0.05, 0) is 30.5 Å². The molecule has 0 amide bonds. The summed E-state index contributed by atoms with van der Waals surface area (Å²) in [6.07, 6.45) is -4.76. The van der Waals surface area contributed by atoms with Gasteiger partial charge in [0.25, 0.3) is 0 Å². The molecule has 8 heteroatoms. The number of nitrogens with zero attached hydrogens (tertiary/aromatic N) is 1. The number of halogens is 3. The van der Waals surface area contributed by atoms with Crippen molar-refractivity contribution in [3.05, 3.63) is 35.4 Å². The van der Waals surface area contributed by atoms with Gasteiger partial charge in [0.1, 0.15) is 6.56 Å². The Labute approximate surface area is 131 Å². The highest BCUT2D eigenvalue weighted by Gasteiger charge is 2.30. The lowest BCUT2D eigenvalue weighted by Gasteiger charge is -2.09. The second-order valence-corrected chi connectivity index (χ2v) is 4.20. The van der Waals surface area contributed by atoms with Crippen molar-refractivity contribution in [2.24, 2.45) is 10.9 Å². The summed E-state index contributed by atoms with van der Waals surface area (Å²) in [4.78, 5) is 15.1. The first-order chi connectivity index (χ1) is 11.7. The maximum absolute atomic E-state index is 12.6. The highest BCUT2D eigenvalue weighted by atomic mass is 19.4. The number of rotatable bonds is 8. The van der Waals surface area contributed by atoms with Crippen LogP contribution in [0.5, 0.6) is 0 Å². The molecule has 0 saturated carbocycles. The number of carboxylic acid groups (broad SMARTS) is 1. The highest BCUT2D eigenvalue weighted by Crippen LogP contribution is 2.29. The van der Waals surface area contributed by atoms with E-state index in [1.54, 1.807) is 0 Å². The summed E-state index contributed by atoms with van der Waals surface area (Å²) in [5.74, 6) is -1.09. The summed E-state index contributed by atoms with van der Waals surface area (Å²) in [6, 6.07) is 3.74. The van der Waals surface area contributed by atoms with E-state index >= 15 is 0 Å². The molecule has 0 aromatic heterocycles. The Balaban J connectivity index is 3.08. The van der Waals surface area contributed by atoms with Crippen molar-refractivity contribution in [3.8, 4) is 0 Å². The van der Waals surface area contributed by atoms with Crippen molar-refractivity contribution < 1.29 is 33.4 Å². The zero-order valence-corrected chi connectivity index (χ0v) is 11.4. The first-order valence-electron chi connectivity index (χ1n) is 8.17. The third kappa shape index (κ3) is 6.13. The first-order valence-corrected chi connectivity index (χ1v) is 6.17. The van der Waals surface area contributed by atoms with Crippen LogP contribution in [-0.4, -0.2) is 29.8 Å². The molecule has 0 saturated heterocycles. The summed E-state index contributed by atoms with van der Waals surface area (Å²) >= 11 is 0. The third-order valence-corrected chi connectivity index (χ3v) is 2.61. The molecule has 0 heterocycles. The molecule has 0 aliphatic rings. The van der Waals surface area contributed by atoms with E-state index in [9.17, 15) is 18.0 Å². The Hall–Kier alpha value is -2.09. The largest absolute Gasteiger partial charge is 0.481 e. The average molecular weight is 322 g/mol. The van der Waals surface area contributed by atoms with Crippen molar-refractivity contribution in [1.82, 2.24) is 0 Å². The van der Waals surface area contributed by atoms with E-state index in [-0.39, 0.29) is 30.5 Å². The predicted molar refractivity (Wildman–Crippen MR) is 74.5 cm³/mol. The number of carboxylic acids is 1. The molecule has 0 spiro atoms. The van der Waals surface area contributed by atoms with Gasteiger partial charge in [0.2, 0.25) is 0 Å². The molecule has 1 rings (SSSR count). The highest BCUT2D eigenvalue weighted by molar-refractivity contribution is 6.00. The molecule has 122 valence electrons. The fraction of sp³-hybridized carbons (Fsp3) is 0.429. The van der Waals surface area contributed by atoms with Crippen molar-refractivity contribution in [2.75, 3.05) is 13.1 Å². The van der Waals surface area contributed by atoms with Gasteiger partial charge in [0.15, 0.2) is 0 Å². The van der Waals surface area contributed by atoms with Gasteiger partial charge in [-0.2, -0.15) is 13.2 Å². The summed E-state index contributed by atoms with van der Waals surface area (Å²) in [5.41, 5.74) is 4.22. The molecule has 0 fully saturated rings. The summed E-state index contributed by atoms with van der Waals surface area (Å²) in [5, 5.41) is 12.1. The van der Waals surface area contributed by atoms with Crippen LogP contribution in [0.1, 0.15) is 35.9 Å². The lowest BCUT2D eigenvalue weighted by atomic mass is 10.0. The number of oxime groups is 1. The van der Waals surface area contributed by atoms with Crippen LogP contribution in [0.3, 0.4) is 0 Å². The number of benzene rings is 1. The number of aliphatic carboxylic acids is 1. The minimum absolute atomic E-state index is 0.0342. The standard InChI is InChI=1S/C14H17F3N2O3/c15-14(16,17)11-6-4-10(5-7-11)12(19-22-9-8-18)2-1-3-13(20)21/h4-7H,1-3,8-9,18H2,(H,20,21)/b19-12+/i8D2,9D2. The molecule has 3 N–H and O–H groups in total. The molecule has 0 atom stereocenters. The van der Waals surface area contributed by atoms with E-state index in [1.165, 1.54) is 0 Å². The van der Waals surface area contributed by atoms with Gasteiger partial charge in [-0.25, -0.2) is 0 Å². The van der Waals surface area contributed by atoms with Gasteiger partial charge in [-0.3, -0.25) is 4.79 Å². The minimum atomic E-state index is -4.54. The number of hydrogen-bond donors (Lipinski definition) is 2. The van der Waals surface area contributed by atoms with Gasteiger partial charge in [0, 0.05) is 15.7 Å². The minimum Gasteiger partial charge on any atom is -0.481 e. The normalized spacial score (nSPS) is 16.3. The maximum Gasteiger partial charge on any atom is 0.416 e. The van der Waals surface area contributed by atoms with Gasteiger partial charge >= 0.3 is 12.1 Å². The lowest BCUT2D eigenvalue weighted by Crippen LogP contribution is -2.10. The molecular formula is C14H17F3N2O3. The van der Waals surface area contributed by atoms with Gasteiger partial charge in [-0.1, -0.05) is 17.3 Å². The third-order valence-electron chi connectivity index (χ3n) is 2.61. The Morgan fingerprint density at radius 1 is 1.32 bits per heavy atom.